The number of hydrogen-bond donors (Lipinski definition) is 2. The molecule has 2 unspecified atom stereocenters. The molecule has 1 amide bonds. The van der Waals surface area contributed by atoms with Crippen molar-refractivity contribution in [2.24, 2.45) is 5.92 Å². The Morgan fingerprint density at radius 2 is 2.20 bits per heavy atom. The van der Waals surface area contributed by atoms with Crippen molar-refractivity contribution in [3.05, 3.63) is 38.9 Å². The van der Waals surface area contributed by atoms with Gasteiger partial charge in [-0.05, 0) is 18.1 Å². The molecule has 0 spiro atoms. The van der Waals surface area contributed by atoms with Crippen LogP contribution in [0.3, 0.4) is 0 Å². The van der Waals surface area contributed by atoms with Crippen molar-refractivity contribution in [3.63, 3.8) is 0 Å². The molecule has 0 heterocycles. The maximum atomic E-state index is 11.8. The molecule has 0 aliphatic rings. The average molecular weight is 301 g/mol. The fraction of sp³-hybridized carbons (Fsp3) is 0.462. The molecule has 2 atom stereocenters. The van der Waals surface area contributed by atoms with Crippen LogP contribution in [0.25, 0.3) is 0 Å². The predicted octanol–water partition coefficient (Wildman–Crippen LogP) is 2.39. The van der Waals surface area contributed by atoms with E-state index >= 15 is 0 Å². The summed E-state index contributed by atoms with van der Waals surface area (Å²) in [5, 5.41) is 22.8. The van der Waals surface area contributed by atoms with Gasteiger partial charge in [0.05, 0.1) is 11.0 Å². The van der Waals surface area contributed by atoms with E-state index in [9.17, 15) is 20.0 Å². The highest BCUT2D eigenvalue weighted by atomic mass is 35.5. The number of nitro groups is 1. The summed E-state index contributed by atoms with van der Waals surface area (Å²) in [4.78, 5) is 21.8. The molecule has 6 nitrogen and oxygen atoms in total. The summed E-state index contributed by atoms with van der Waals surface area (Å²) < 4.78 is 0. The lowest BCUT2D eigenvalue weighted by molar-refractivity contribution is -0.384. The van der Waals surface area contributed by atoms with Crippen molar-refractivity contribution < 1.29 is 14.8 Å². The lowest BCUT2D eigenvalue weighted by Gasteiger charge is -2.17. The molecule has 20 heavy (non-hydrogen) atoms. The Morgan fingerprint density at radius 3 is 2.70 bits per heavy atom. The highest BCUT2D eigenvalue weighted by molar-refractivity contribution is 6.33. The Hall–Kier alpha value is -1.66. The fourth-order valence-corrected chi connectivity index (χ4v) is 1.82. The van der Waals surface area contributed by atoms with Crippen molar-refractivity contribution >= 4 is 23.2 Å². The van der Waals surface area contributed by atoms with Crippen LogP contribution in [0.15, 0.2) is 18.2 Å². The van der Waals surface area contributed by atoms with E-state index in [1.165, 1.54) is 18.2 Å². The van der Waals surface area contributed by atoms with E-state index in [2.05, 4.69) is 5.32 Å². The molecular weight excluding hydrogens is 284 g/mol. The number of carbonyl (C=O) groups excluding carboxylic acids is 1. The van der Waals surface area contributed by atoms with Gasteiger partial charge in [0.15, 0.2) is 0 Å². The number of benzene rings is 1. The number of aliphatic hydroxyl groups is 1. The van der Waals surface area contributed by atoms with E-state index < -0.39 is 16.9 Å². The van der Waals surface area contributed by atoms with Crippen LogP contribution < -0.4 is 5.32 Å². The second-order valence-corrected chi connectivity index (χ2v) is 4.99. The number of amides is 1. The molecule has 0 saturated carbocycles. The van der Waals surface area contributed by atoms with E-state index in [0.717, 1.165) is 6.42 Å². The predicted molar refractivity (Wildman–Crippen MR) is 75.9 cm³/mol. The third-order valence-electron chi connectivity index (χ3n) is 3.18. The Bertz CT molecular complexity index is 507. The van der Waals surface area contributed by atoms with Crippen molar-refractivity contribution in [2.75, 3.05) is 6.54 Å². The van der Waals surface area contributed by atoms with E-state index in [0.29, 0.717) is 0 Å². The first-order chi connectivity index (χ1) is 9.36. The number of nitro benzene ring substituents is 1. The highest BCUT2D eigenvalue weighted by Gasteiger charge is 2.17. The molecule has 0 radical (unpaired) electrons. The topological polar surface area (TPSA) is 92.5 Å². The van der Waals surface area contributed by atoms with Crippen molar-refractivity contribution in [1.82, 2.24) is 5.32 Å². The van der Waals surface area contributed by atoms with Crippen molar-refractivity contribution in [2.45, 2.75) is 26.4 Å². The fourth-order valence-electron chi connectivity index (χ4n) is 1.57. The molecular formula is C13H17ClN2O4. The monoisotopic (exact) mass is 300 g/mol. The quantitative estimate of drug-likeness (QED) is 0.623. The normalized spacial score (nSPS) is 13.6. The molecule has 0 fully saturated rings. The zero-order valence-corrected chi connectivity index (χ0v) is 12.1. The summed E-state index contributed by atoms with van der Waals surface area (Å²) >= 11 is 5.73. The summed E-state index contributed by atoms with van der Waals surface area (Å²) in [7, 11) is 0. The van der Waals surface area contributed by atoms with E-state index in [4.69, 9.17) is 11.6 Å². The SMILES string of the molecule is CCC(C)C(O)CNC(=O)c1ccc([N+](=O)[O-])c(Cl)c1. The number of rotatable bonds is 6. The largest absolute Gasteiger partial charge is 0.391 e. The van der Waals surface area contributed by atoms with Gasteiger partial charge in [0.25, 0.3) is 11.6 Å². The molecule has 7 heteroatoms. The van der Waals surface area contributed by atoms with Crippen LogP contribution in [0.2, 0.25) is 5.02 Å². The summed E-state index contributed by atoms with van der Waals surface area (Å²) in [5.41, 5.74) is -0.0280. The minimum Gasteiger partial charge on any atom is -0.391 e. The van der Waals surface area contributed by atoms with Gasteiger partial charge in [0.1, 0.15) is 5.02 Å². The molecule has 1 rings (SSSR count). The van der Waals surface area contributed by atoms with E-state index in [1.54, 1.807) is 0 Å². The molecule has 0 aliphatic heterocycles. The Kier molecular flexibility index (Phi) is 5.91. The lowest BCUT2D eigenvalue weighted by Crippen LogP contribution is -2.35. The number of hydrogen-bond acceptors (Lipinski definition) is 4. The van der Waals surface area contributed by atoms with Crippen LogP contribution in [0.4, 0.5) is 5.69 Å². The van der Waals surface area contributed by atoms with Crippen LogP contribution >= 0.6 is 11.6 Å². The molecule has 0 aliphatic carbocycles. The number of aliphatic hydroxyl groups excluding tert-OH is 1. The van der Waals surface area contributed by atoms with Gasteiger partial charge in [-0.25, -0.2) is 0 Å². The first-order valence-electron chi connectivity index (χ1n) is 6.27. The smallest absolute Gasteiger partial charge is 0.287 e. The van der Waals surface area contributed by atoms with Crippen molar-refractivity contribution in [1.29, 1.82) is 0 Å². The van der Waals surface area contributed by atoms with Gasteiger partial charge >= 0.3 is 0 Å². The molecule has 110 valence electrons. The molecule has 0 bridgehead atoms. The Morgan fingerprint density at radius 1 is 1.55 bits per heavy atom. The molecule has 1 aromatic rings. The van der Waals surface area contributed by atoms with Gasteiger partial charge in [-0.2, -0.15) is 0 Å². The van der Waals surface area contributed by atoms with Crippen LogP contribution in [0, 0.1) is 16.0 Å². The third kappa shape index (κ3) is 4.18. The van der Waals surface area contributed by atoms with Crippen molar-refractivity contribution in [3.8, 4) is 0 Å². The highest BCUT2D eigenvalue weighted by Crippen LogP contribution is 2.24. The number of carbonyl (C=O) groups is 1. The van der Waals surface area contributed by atoms with Crippen LogP contribution in [-0.4, -0.2) is 28.6 Å². The van der Waals surface area contributed by atoms with Crippen LogP contribution in [-0.2, 0) is 0 Å². The number of nitrogens with one attached hydrogen (secondary N) is 1. The summed E-state index contributed by atoms with van der Waals surface area (Å²) in [6.07, 6.45) is 0.179. The van der Waals surface area contributed by atoms with Gasteiger partial charge in [-0.15, -0.1) is 0 Å². The second kappa shape index (κ2) is 7.21. The van der Waals surface area contributed by atoms with Crippen LogP contribution in [0.5, 0.6) is 0 Å². The minimum absolute atomic E-state index is 0.0794. The third-order valence-corrected chi connectivity index (χ3v) is 3.48. The summed E-state index contributed by atoms with van der Waals surface area (Å²) in [5.74, 6) is -0.347. The minimum atomic E-state index is -0.627. The van der Waals surface area contributed by atoms with E-state index in [-0.39, 0.29) is 28.7 Å². The average Bonchev–Trinajstić information content (AvgIpc) is 2.42. The van der Waals surface area contributed by atoms with Gasteiger partial charge in [-0.1, -0.05) is 31.9 Å². The van der Waals surface area contributed by atoms with E-state index in [1.807, 2.05) is 13.8 Å². The molecule has 0 saturated heterocycles. The van der Waals surface area contributed by atoms with Gasteiger partial charge in [0.2, 0.25) is 0 Å². The van der Waals surface area contributed by atoms with Gasteiger partial charge in [0, 0.05) is 18.2 Å². The first-order valence-corrected chi connectivity index (χ1v) is 6.64. The van der Waals surface area contributed by atoms with Gasteiger partial charge < -0.3 is 10.4 Å². The molecule has 0 aromatic heterocycles. The standard InChI is InChI=1S/C13H17ClN2O4/c1-3-8(2)12(17)7-15-13(18)9-4-5-11(16(19)20)10(14)6-9/h4-6,8,12,17H,3,7H2,1-2H3,(H,15,18). The first kappa shape index (κ1) is 16.4. The molecule has 2 N–H and O–H groups in total. The Labute approximate surface area is 121 Å². The number of halogens is 1. The zero-order valence-electron chi connectivity index (χ0n) is 11.3. The van der Waals surface area contributed by atoms with Gasteiger partial charge in [-0.3, -0.25) is 14.9 Å². The maximum Gasteiger partial charge on any atom is 0.287 e. The Balaban J connectivity index is 2.69. The summed E-state index contributed by atoms with van der Waals surface area (Å²) in [6, 6.07) is 3.75. The zero-order chi connectivity index (χ0) is 15.3. The maximum absolute atomic E-state index is 11.8. The lowest BCUT2D eigenvalue weighted by atomic mass is 10.0. The van der Waals surface area contributed by atoms with Crippen LogP contribution in [0.1, 0.15) is 30.6 Å². The second-order valence-electron chi connectivity index (χ2n) is 4.59. The number of nitrogens with zero attached hydrogens (tertiary/aromatic N) is 1. The molecule has 1 aromatic carbocycles. The summed E-state index contributed by atoms with van der Waals surface area (Å²) in [6.45, 7) is 3.97.